The number of aromatic carboxylic acids is 1. The smallest absolute Gasteiger partial charge is 0.335 e. The zero-order valence-electron chi connectivity index (χ0n) is 9.62. The molecule has 0 heterocycles. The van der Waals surface area contributed by atoms with Crippen LogP contribution in [-0.4, -0.2) is 37.2 Å². The lowest BCUT2D eigenvalue weighted by atomic mass is 10.2. The van der Waals surface area contributed by atoms with Gasteiger partial charge in [0.2, 0.25) is 10.0 Å². The molecule has 0 fully saturated rings. The summed E-state index contributed by atoms with van der Waals surface area (Å²) in [6, 6.07) is 3.33. The maximum Gasteiger partial charge on any atom is 0.335 e. The molecule has 1 atom stereocenters. The zero-order chi connectivity index (χ0) is 13.9. The first-order valence-electron chi connectivity index (χ1n) is 5.04. The first-order chi connectivity index (χ1) is 8.24. The van der Waals surface area contributed by atoms with Crippen LogP contribution < -0.4 is 10.5 Å². The molecule has 5 N–H and O–H groups in total. The molecular weight excluding hydrogens is 260 g/mol. The van der Waals surface area contributed by atoms with Gasteiger partial charge in [0.1, 0.15) is 4.90 Å². The molecule has 0 amide bonds. The minimum absolute atomic E-state index is 0.0954. The third kappa shape index (κ3) is 3.42. The summed E-state index contributed by atoms with van der Waals surface area (Å²) >= 11 is 0. The van der Waals surface area contributed by atoms with E-state index in [0.29, 0.717) is 0 Å². The van der Waals surface area contributed by atoms with Crippen LogP contribution in [0.1, 0.15) is 17.3 Å². The lowest BCUT2D eigenvalue weighted by Crippen LogP contribution is -2.31. The minimum atomic E-state index is -3.86. The number of hydrogen-bond donors (Lipinski definition) is 4. The van der Waals surface area contributed by atoms with Crippen LogP contribution in [0.5, 0.6) is 0 Å². The fraction of sp³-hybridized carbons (Fsp3) is 0.300. The molecule has 0 bridgehead atoms. The Kier molecular flexibility index (Phi) is 4.28. The number of carbonyl (C=O) groups is 1. The van der Waals surface area contributed by atoms with Crippen molar-refractivity contribution in [3.05, 3.63) is 23.8 Å². The van der Waals surface area contributed by atoms with Crippen LogP contribution in [-0.2, 0) is 10.0 Å². The van der Waals surface area contributed by atoms with Gasteiger partial charge in [0, 0.05) is 6.54 Å². The fourth-order valence-electron chi connectivity index (χ4n) is 1.23. The highest BCUT2D eigenvalue weighted by molar-refractivity contribution is 7.89. The quantitative estimate of drug-likeness (QED) is 0.542. The number of anilines is 1. The summed E-state index contributed by atoms with van der Waals surface area (Å²) in [6.45, 7) is 1.28. The van der Waals surface area contributed by atoms with Gasteiger partial charge in [-0.3, -0.25) is 0 Å². The number of carboxylic acids is 1. The van der Waals surface area contributed by atoms with Crippen LogP contribution in [0.3, 0.4) is 0 Å². The summed E-state index contributed by atoms with van der Waals surface area (Å²) in [5.74, 6) is -1.19. The van der Waals surface area contributed by atoms with E-state index in [4.69, 9.17) is 15.9 Å². The SMILES string of the molecule is CC(O)CNS(=O)(=O)c1ccc(C(=O)O)cc1N. The number of sulfonamides is 1. The maximum absolute atomic E-state index is 11.8. The molecule has 1 unspecified atom stereocenters. The predicted octanol–water partition coefficient (Wildman–Crippen LogP) is -0.374. The van der Waals surface area contributed by atoms with Crippen molar-refractivity contribution >= 4 is 21.7 Å². The molecule has 0 aromatic heterocycles. The van der Waals surface area contributed by atoms with Crippen molar-refractivity contribution in [3.8, 4) is 0 Å². The molecule has 8 heteroatoms. The molecule has 0 spiro atoms. The van der Waals surface area contributed by atoms with Crippen LogP contribution in [0.25, 0.3) is 0 Å². The van der Waals surface area contributed by atoms with Crippen LogP contribution in [0, 0.1) is 0 Å². The van der Waals surface area contributed by atoms with Gasteiger partial charge in [0.25, 0.3) is 0 Å². The predicted molar refractivity (Wildman–Crippen MR) is 64.7 cm³/mol. The van der Waals surface area contributed by atoms with E-state index < -0.39 is 22.1 Å². The second-order valence-electron chi connectivity index (χ2n) is 3.76. The van der Waals surface area contributed by atoms with Gasteiger partial charge < -0.3 is 15.9 Å². The van der Waals surface area contributed by atoms with Crippen molar-refractivity contribution in [3.63, 3.8) is 0 Å². The number of carboxylic acid groups (broad SMARTS) is 1. The highest BCUT2D eigenvalue weighted by atomic mass is 32.2. The molecule has 0 aliphatic carbocycles. The summed E-state index contributed by atoms with van der Waals surface area (Å²) in [5, 5.41) is 17.7. The van der Waals surface area contributed by atoms with Crippen LogP contribution >= 0.6 is 0 Å². The number of aliphatic hydroxyl groups excluding tert-OH is 1. The van der Waals surface area contributed by atoms with Gasteiger partial charge >= 0.3 is 5.97 Å². The second-order valence-corrected chi connectivity index (χ2v) is 5.49. The number of nitrogens with one attached hydrogen (secondary N) is 1. The van der Waals surface area contributed by atoms with E-state index in [9.17, 15) is 13.2 Å². The number of hydrogen-bond acceptors (Lipinski definition) is 5. The van der Waals surface area contributed by atoms with Crippen molar-refractivity contribution in [2.45, 2.75) is 17.9 Å². The van der Waals surface area contributed by atoms with Gasteiger partial charge in [-0.15, -0.1) is 0 Å². The van der Waals surface area contributed by atoms with E-state index in [0.717, 1.165) is 18.2 Å². The summed E-state index contributed by atoms with van der Waals surface area (Å²) in [4.78, 5) is 10.5. The Morgan fingerprint density at radius 3 is 2.56 bits per heavy atom. The number of rotatable bonds is 5. The van der Waals surface area contributed by atoms with Crippen LogP contribution in [0.15, 0.2) is 23.1 Å². The number of benzene rings is 1. The molecule has 0 saturated heterocycles. The molecule has 7 nitrogen and oxygen atoms in total. The van der Waals surface area contributed by atoms with Gasteiger partial charge in [-0.2, -0.15) is 0 Å². The highest BCUT2D eigenvalue weighted by Gasteiger charge is 2.19. The van der Waals surface area contributed by atoms with Gasteiger partial charge in [-0.05, 0) is 25.1 Å². The van der Waals surface area contributed by atoms with E-state index in [1.165, 1.54) is 6.92 Å². The van der Waals surface area contributed by atoms with Crippen LogP contribution in [0.2, 0.25) is 0 Å². The van der Waals surface area contributed by atoms with Crippen molar-refractivity contribution in [2.75, 3.05) is 12.3 Å². The highest BCUT2D eigenvalue weighted by Crippen LogP contribution is 2.19. The molecule has 1 rings (SSSR count). The van der Waals surface area contributed by atoms with Crippen LogP contribution in [0.4, 0.5) is 5.69 Å². The van der Waals surface area contributed by atoms with E-state index >= 15 is 0 Å². The average molecular weight is 274 g/mol. The molecule has 0 radical (unpaired) electrons. The number of aliphatic hydroxyl groups is 1. The third-order valence-corrected chi connectivity index (χ3v) is 3.61. The molecular formula is C10H14N2O5S. The van der Waals surface area contributed by atoms with Gasteiger partial charge in [-0.25, -0.2) is 17.9 Å². The van der Waals surface area contributed by atoms with Gasteiger partial charge in [-0.1, -0.05) is 0 Å². The second kappa shape index (κ2) is 5.34. The maximum atomic E-state index is 11.8. The molecule has 100 valence electrons. The molecule has 1 aromatic rings. The Morgan fingerprint density at radius 2 is 2.11 bits per heavy atom. The Labute approximate surface area is 104 Å². The normalized spacial score (nSPS) is 13.2. The van der Waals surface area contributed by atoms with E-state index in [2.05, 4.69) is 4.72 Å². The lowest BCUT2D eigenvalue weighted by molar-refractivity contribution is 0.0697. The Hall–Kier alpha value is -1.64. The van der Waals surface area contributed by atoms with Crippen molar-refractivity contribution in [1.82, 2.24) is 4.72 Å². The van der Waals surface area contributed by atoms with Crippen molar-refractivity contribution in [1.29, 1.82) is 0 Å². The third-order valence-electron chi connectivity index (χ3n) is 2.12. The zero-order valence-corrected chi connectivity index (χ0v) is 10.4. The Bertz CT molecular complexity index is 553. The summed E-state index contributed by atoms with van der Waals surface area (Å²) in [6.07, 6.45) is -0.834. The molecule has 1 aromatic carbocycles. The number of nitrogens with two attached hydrogens (primary N) is 1. The largest absolute Gasteiger partial charge is 0.478 e. The number of nitrogen functional groups attached to an aromatic ring is 1. The standard InChI is InChI=1S/C10H14N2O5S/c1-6(13)5-12-18(16,17)9-3-2-7(10(14)15)4-8(9)11/h2-4,6,12-13H,5,11H2,1H3,(H,14,15). The van der Waals surface area contributed by atoms with E-state index in [1.54, 1.807) is 0 Å². The summed E-state index contributed by atoms with van der Waals surface area (Å²) in [7, 11) is -3.86. The van der Waals surface area contributed by atoms with E-state index in [-0.39, 0.29) is 22.7 Å². The molecule has 0 aliphatic heterocycles. The molecule has 0 aliphatic rings. The minimum Gasteiger partial charge on any atom is -0.478 e. The van der Waals surface area contributed by atoms with Crippen molar-refractivity contribution < 1.29 is 23.4 Å². The average Bonchev–Trinajstić information content (AvgIpc) is 2.26. The topological polar surface area (TPSA) is 130 Å². The first-order valence-corrected chi connectivity index (χ1v) is 6.53. The van der Waals surface area contributed by atoms with Gasteiger partial charge in [0.05, 0.1) is 17.4 Å². The van der Waals surface area contributed by atoms with Crippen molar-refractivity contribution in [2.24, 2.45) is 0 Å². The fourth-order valence-corrected chi connectivity index (χ4v) is 2.47. The van der Waals surface area contributed by atoms with Gasteiger partial charge in [0.15, 0.2) is 0 Å². The van der Waals surface area contributed by atoms with E-state index in [1.807, 2.05) is 0 Å². The lowest BCUT2D eigenvalue weighted by Gasteiger charge is -2.10. The summed E-state index contributed by atoms with van der Waals surface area (Å²) < 4.78 is 25.7. The summed E-state index contributed by atoms with van der Waals surface area (Å²) in [5.41, 5.74) is 5.25. The molecule has 0 saturated carbocycles. The Balaban J connectivity index is 3.06. The molecule has 18 heavy (non-hydrogen) atoms. The monoisotopic (exact) mass is 274 g/mol. The first kappa shape index (κ1) is 14.4. The Morgan fingerprint density at radius 1 is 1.50 bits per heavy atom.